The summed E-state index contributed by atoms with van der Waals surface area (Å²) >= 11 is 0. The van der Waals surface area contributed by atoms with Gasteiger partial charge in [-0.25, -0.2) is 0 Å². The normalized spacial score (nSPS) is 14.7. The number of methoxy groups -OCH3 is 1. The van der Waals surface area contributed by atoms with Crippen molar-refractivity contribution in [3.05, 3.63) is 23.8 Å². The first kappa shape index (κ1) is 9.83. The minimum atomic E-state index is -0.117. The largest absolute Gasteiger partial charge is 0.495 e. The van der Waals surface area contributed by atoms with Gasteiger partial charge in [0.2, 0.25) is 0 Å². The molecule has 0 unspecified atom stereocenters. The summed E-state index contributed by atoms with van der Waals surface area (Å²) in [6.45, 7) is 0. The van der Waals surface area contributed by atoms with Crippen LogP contribution in [0.3, 0.4) is 0 Å². The number of amides is 1. The molecule has 4 heteroatoms. The van der Waals surface area contributed by atoms with Gasteiger partial charge < -0.3 is 15.8 Å². The Hall–Kier alpha value is -1.71. The molecule has 3 N–H and O–H groups in total. The zero-order valence-corrected chi connectivity index (χ0v) is 8.62. The van der Waals surface area contributed by atoms with Crippen molar-refractivity contribution in [1.29, 1.82) is 0 Å². The van der Waals surface area contributed by atoms with Crippen molar-refractivity contribution in [3.8, 4) is 5.75 Å². The van der Waals surface area contributed by atoms with E-state index < -0.39 is 0 Å². The zero-order chi connectivity index (χ0) is 10.8. The Morgan fingerprint density at radius 3 is 2.87 bits per heavy atom. The molecular formula is C11H14N2O2. The second-order valence-electron chi connectivity index (χ2n) is 3.67. The van der Waals surface area contributed by atoms with Crippen molar-refractivity contribution in [1.82, 2.24) is 5.32 Å². The molecule has 2 rings (SSSR count). The third-order valence-corrected chi connectivity index (χ3v) is 2.44. The highest BCUT2D eigenvalue weighted by molar-refractivity contribution is 6.00. The lowest BCUT2D eigenvalue weighted by Gasteiger charge is -2.09. The Kier molecular flexibility index (Phi) is 2.49. The summed E-state index contributed by atoms with van der Waals surface area (Å²) in [6, 6.07) is 5.54. The monoisotopic (exact) mass is 206 g/mol. The maximum atomic E-state index is 11.7. The van der Waals surface area contributed by atoms with E-state index in [1.165, 1.54) is 7.11 Å². The number of nitrogens with one attached hydrogen (secondary N) is 1. The second kappa shape index (κ2) is 3.81. The Bertz CT molecular complexity index is 386. The number of ether oxygens (including phenoxy) is 1. The van der Waals surface area contributed by atoms with E-state index in [-0.39, 0.29) is 5.91 Å². The fourth-order valence-electron chi connectivity index (χ4n) is 1.41. The summed E-state index contributed by atoms with van der Waals surface area (Å²) < 4.78 is 5.05. The van der Waals surface area contributed by atoms with Crippen molar-refractivity contribution in [2.24, 2.45) is 0 Å². The van der Waals surface area contributed by atoms with Crippen molar-refractivity contribution in [2.75, 3.05) is 12.8 Å². The number of benzene rings is 1. The predicted octanol–water partition coefficient (Wildman–Crippen LogP) is 1.17. The van der Waals surface area contributed by atoms with E-state index >= 15 is 0 Å². The summed E-state index contributed by atoms with van der Waals surface area (Å²) in [4.78, 5) is 11.7. The van der Waals surface area contributed by atoms with Crippen LogP contribution in [0.1, 0.15) is 23.2 Å². The lowest BCUT2D eigenvalue weighted by atomic mass is 10.1. The molecule has 4 nitrogen and oxygen atoms in total. The van der Waals surface area contributed by atoms with Crippen LogP contribution in [0, 0.1) is 0 Å². The molecule has 1 aromatic rings. The highest BCUT2D eigenvalue weighted by Gasteiger charge is 2.24. The number of nitrogens with two attached hydrogens (primary N) is 1. The SMILES string of the molecule is COc1cccc(C(=O)NC2CC2)c1N. The molecule has 0 atom stereocenters. The first-order valence-corrected chi connectivity index (χ1v) is 4.95. The number of carbonyl (C=O) groups is 1. The van der Waals surface area contributed by atoms with Crippen molar-refractivity contribution in [3.63, 3.8) is 0 Å². The highest BCUT2D eigenvalue weighted by atomic mass is 16.5. The molecule has 1 amide bonds. The molecule has 0 radical (unpaired) electrons. The summed E-state index contributed by atoms with van der Waals surface area (Å²) in [6.07, 6.45) is 2.13. The molecule has 1 aromatic carbocycles. The first-order chi connectivity index (χ1) is 7.22. The fourth-order valence-corrected chi connectivity index (χ4v) is 1.41. The lowest BCUT2D eigenvalue weighted by molar-refractivity contribution is 0.0951. The molecule has 0 spiro atoms. The molecule has 80 valence electrons. The van der Waals surface area contributed by atoms with Crippen LogP contribution in [0.25, 0.3) is 0 Å². The molecule has 0 aliphatic heterocycles. The highest BCUT2D eigenvalue weighted by Crippen LogP contribution is 2.26. The van der Waals surface area contributed by atoms with Gasteiger partial charge in [-0.15, -0.1) is 0 Å². The summed E-state index contributed by atoms with van der Waals surface area (Å²) in [5, 5.41) is 2.89. The second-order valence-corrected chi connectivity index (χ2v) is 3.67. The van der Waals surface area contributed by atoms with Crippen LogP contribution in [-0.2, 0) is 0 Å². The Morgan fingerprint density at radius 2 is 2.27 bits per heavy atom. The van der Waals surface area contributed by atoms with Gasteiger partial charge in [-0.1, -0.05) is 6.07 Å². The van der Waals surface area contributed by atoms with Crippen molar-refractivity contribution >= 4 is 11.6 Å². The van der Waals surface area contributed by atoms with E-state index in [0.29, 0.717) is 23.0 Å². The van der Waals surface area contributed by atoms with E-state index in [1.807, 2.05) is 0 Å². The average molecular weight is 206 g/mol. The number of anilines is 1. The van der Waals surface area contributed by atoms with Crippen LogP contribution in [0.2, 0.25) is 0 Å². The van der Waals surface area contributed by atoms with Gasteiger partial charge in [0.25, 0.3) is 5.91 Å². The quantitative estimate of drug-likeness (QED) is 0.730. The minimum Gasteiger partial charge on any atom is -0.495 e. The summed E-state index contributed by atoms with van der Waals surface area (Å²) in [5.41, 5.74) is 6.69. The summed E-state index contributed by atoms with van der Waals surface area (Å²) in [5.74, 6) is 0.423. The molecular weight excluding hydrogens is 192 g/mol. The molecule has 1 aliphatic rings. The van der Waals surface area contributed by atoms with Gasteiger partial charge in [0.1, 0.15) is 5.75 Å². The van der Waals surface area contributed by atoms with Gasteiger partial charge in [0.15, 0.2) is 0 Å². The Labute approximate surface area is 88.4 Å². The molecule has 0 aromatic heterocycles. The van der Waals surface area contributed by atoms with Crippen LogP contribution >= 0.6 is 0 Å². The molecule has 1 aliphatic carbocycles. The molecule has 0 bridgehead atoms. The number of rotatable bonds is 3. The fraction of sp³-hybridized carbons (Fsp3) is 0.364. The van der Waals surface area contributed by atoms with E-state index in [9.17, 15) is 4.79 Å². The Morgan fingerprint density at radius 1 is 1.53 bits per heavy atom. The maximum absolute atomic E-state index is 11.7. The van der Waals surface area contributed by atoms with Gasteiger partial charge in [0, 0.05) is 6.04 Å². The lowest BCUT2D eigenvalue weighted by Crippen LogP contribution is -2.26. The molecule has 1 saturated carbocycles. The van der Waals surface area contributed by atoms with E-state index in [0.717, 1.165) is 12.8 Å². The Balaban J connectivity index is 2.22. The third-order valence-electron chi connectivity index (χ3n) is 2.44. The topological polar surface area (TPSA) is 64.3 Å². The van der Waals surface area contributed by atoms with Gasteiger partial charge in [-0.2, -0.15) is 0 Å². The zero-order valence-electron chi connectivity index (χ0n) is 8.62. The van der Waals surface area contributed by atoms with Crippen molar-refractivity contribution < 1.29 is 9.53 Å². The number of nitrogen functional groups attached to an aromatic ring is 1. The number of para-hydroxylation sites is 1. The number of carbonyl (C=O) groups excluding carboxylic acids is 1. The molecule has 0 heterocycles. The molecule has 15 heavy (non-hydrogen) atoms. The van der Waals surface area contributed by atoms with Crippen LogP contribution < -0.4 is 15.8 Å². The smallest absolute Gasteiger partial charge is 0.253 e. The van der Waals surface area contributed by atoms with Gasteiger partial charge >= 0.3 is 0 Å². The first-order valence-electron chi connectivity index (χ1n) is 4.95. The maximum Gasteiger partial charge on any atom is 0.253 e. The third kappa shape index (κ3) is 2.03. The van der Waals surface area contributed by atoms with Crippen LogP contribution in [-0.4, -0.2) is 19.1 Å². The standard InChI is InChI=1S/C11H14N2O2/c1-15-9-4-2-3-8(10(9)12)11(14)13-7-5-6-7/h2-4,7H,5-6,12H2,1H3,(H,13,14). The van der Waals surface area contributed by atoms with E-state index in [4.69, 9.17) is 10.5 Å². The van der Waals surface area contributed by atoms with E-state index in [1.54, 1.807) is 18.2 Å². The van der Waals surface area contributed by atoms with Gasteiger partial charge in [-0.3, -0.25) is 4.79 Å². The van der Waals surface area contributed by atoms with Crippen molar-refractivity contribution in [2.45, 2.75) is 18.9 Å². The average Bonchev–Trinajstić information content (AvgIpc) is 3.02. The number of hydrogen-bond donors (Lipinski definition) is 2. The summed E-state index contributed by atoms with van der Waals surface area (Å²) in [7, 11) is 1.54. The number of hydrogen-bond acceptors (Lipinski definition) is 3. The van der Waals surface area contributed by atoms with Gasteiger partial charge in [-0.05, 0) is 25.0 Å². The molecule has 0 saturated heterocycles. The van der Waals surface area contributed by atoms with Crippen LogP contribution in [0.4, 0.5) is 5.69 Å². The van der Waals surface area contributed by atoms with E-state index in [2.05, 4.69) is 5.32 Å². The minimum absolute atomic E-state index is 0.117. The van der Waals surface area contributed by atoms with Gasteiger partial charge in [0.05, 0.1) is 18.4 Å². The molecule has 1 fully saturated rings. The van der Waals surface area contributed by atoms with Crippen LogP contribution in [0.15, 0.2) is 18.2 Å². The van der Waals surface area contributed by atoms with Crippen LogP contribution in [0.5, 0.6) is 5.75 Å². The predicted molar refractivity (Wildman–Crippen MR) is 57.9 cm³/mol.